The van der Waals surface area contributed by atoms with Crippen molar-refractivity contribution in [3.05, 3.63) is 58.4 Å². The maximum absolute atomic E-state index is 12.4. The van der Waals surface area contributed by atoms with Crippen LogP contribution in [0, 0.1) is 11.3 Å². The third-order valence-corrected chi connectivity index (χ3v) is 5.84. The van der Waals surface area contributed by atoms with Crippen molar-refractivity contribution in [2.24, 2.45) is 0 Å². The van der Waals surface area contributed by atoms with Crippen molar-refractivity contribution in [3.63, 3.8) is 0 Å². The molecule has 0 bridgehead atoms. The zero-order valence-electron chi connectivity index (χ0n) is 16.3. The van der Waals surface area contributed by atoms with Gasteiger partial charge in [0.1, 0.15) is 11.8 Å². The van der Waals surface area contributed by atoms with E-state index in [1.165, 1.54) is 0 Å². The molecule has 0 radical (unpaired) electrons. The molecule has 146 valence electrons. The van der Waals surface area contributed by atoms with Crippen molar-refractivity contribution in [3.8, 4) is 6.07 Å². The van der Waals surface area contributed by atoms with Crippen LogP contribution in [0.3, 0.4) is 0 Å². The Balaban J connectivity index is 1.54. The van der Waals surface area contributed by atoms with Crippen LogP contribution in [0.25, 0.3) is 0 Å². The Morgan fingerprint density at radius 3 is 2.61 bits per heavy atom. The first kappa shape index (κ1) is 20.2. The second-order valence-electron chi connectivity index (χ2n) is 7.27. The van der Waals surface area contributed by atoms with Crippen LogP contribution in [0.1, 0.15) is 54.2 Å². The first-order valence-corrected chi connectivity index (χ1v) is 10.1. The molecule has 1 aromatic heterocycles. The number of nitrogens with zero attached hydrogens (tertiary/aromatic N) is 3. The fraction of sp³-hybridized carbons (Fsp3) is 0.409. The molecule has 28 heavy (non-hydrogen) atoms. The highest BCUT2D eigenvalue weighted by molar-refractivity contribution is 6.32. The molecule has 6 heteroatoms. The molecule has 1 fully saturated rings. The molecule has 1 saturated carbocycles. The summed E-state index contributed by atoms with van der Waals surface area (Å²) < 4.78 is 0. The van der Waals surface area contributed by atoms with E-state index < -0.39 is 0 Å². The number of aromatic nitrogens is 1. The van der Waals surface area contributed by atoms with Gasteiger partial charge in [0, 0.05) is 31.0 Å². The predicted octanol–water partition coefficient (Wildman–Crippen LogP) is 4.35. The Labute approximate surface area is 171 Å². The summed E-state index contributed by atoms with van der Waals surface area (Å²) in [7, 11) is 2.06. The summed E-state index contributed by atoms with van der Waals surface area (Å²) >= 11 is 6.17. The highest BCUT2D eigenvalue weighted by Crippen LogP contribution is 2.29. The van der Waals surface area contributed by atoms with Crippen LogP contribution in [-0.4, -0.2) is 30.0 Å². The Morgan fingerprint density at radius 1 is 1.29 bits per heavy atom. The minimum absolute atomic E-state index is 0.0988. The van der Waals surface area contributed by atoms with Crippen molar-refractivity contribution < 1.29 is 4.79 Å². The van der Waals surface area contributed by atoms with E-state index in [-0.39, 0.29) is 11.9 Å². The third-order valence-electron chi connectivity index (χ3n) is 5.53. The number of halogens is 1. The van der Waals surface area contributed by atoms with E-state index in [4.69, 9.17) is 16.9 Å². The Hall–Kier alpha value is -2.58. The maximum atomic E-state index is 12.4. The van der Waals surface area contributed by atoms with Crippen LogP contribution in [0.15, 0.2) is 36.5 Å². The van der Waals surface area contributed by atoms with Gasteiger partial charge in [0.2, 0.25) is 0 Å². The SMILES string of the molecule is CCc1ccc(C(=O)NC2CCC(N(C)c3ccc(C#N)c(Cl)c3)CC2)nc1. The number of amides is 1. The molecule has 1 aliphatic carbocycles. The molecule has 1 amide bonds. The lowest BCUT2D eigenvalue weighted by Gasteiger charge is -2.36. The van der Waals surface area contributed by atoms with Gasteiger partial charge in [-0.25, -0.2) is 0 Å². The number of pyridine rings is 1. The molecular weight excluding hydrogens is 372 g/mol. The van der Waals surface area contributed by atoms with Crippen LogP contribution in [-0.2, 0) is 6.42 Å². The number of carbonyl (C=O) groups is 1. The van der Waals surface area contributed by atoms with Crippen LogP contribution in [0.5, 0.6) is 0 Å². The van der Waals surface area contributed by atoms with Gasteiger partial charge < -0.3 is 10.2 Å². The van der Waals surface area contributed by atoms with E-state index >= 15 is 0 Å². The monoisotopic (exact) mass is 396 g/mol. The van der Waals surface area contributed by atoms with E-state index in [0.717, 1.165) is 43.4 Å². The number of anilines is 1. The van der Waals surface area contributed by atoms with Crippen LogP contribution >= 0.6 is 11.6 Å². The molecule has 3 rings (SSSR count). The molecular formula is C22H25ClN4O. The summed E-state index contributed by atoms with van der Waals surface area (Å²) in [6.45, 7) is 2.07. The van der Waals surface area contributed by atoms with Gasteiger partial charge in [0.25, 0.3) is 5.91 Å². The fourth-order valence-corrected chi connectivity index (χ4v) is 3.88. The van der Waals surface area contributed by atoms with E-state index in [1.807, 2.05) is 18.2 Å². The van der Waals surface area contributed by atoms with Crippen molar-refractivity contribution in [2.45, 2.75) is 51.1 Å². The summed E-state index contributed by atoms with van der Waals surface area (Å²) in [5.74, 6) is -0.0988. The standard InChI is InChI=1S/C22H25ClN4O/c1-3-15-4-11-21(25-14-15)22(28)26-17-6-9-18(10-7-17)27(2)19-8-5-16(13-24)20(23)12-19/h4-5,8,11-12,14,17-18H,3,6-7,9-10H2,1-2H3,(H,26,28). The van der Waals surface area contributed by atoms with Gasteiger partial charge in [-0.1, -0.05) is 24.6 Å². The molecule has 0 spiro atoms. The fourth-order valence-electron chi connectivity index (χ4n) is 3.66. The Bertz CT molecular complexity index is 867. The first-order chi connectivity index (χ1) is 13.5. The van der Waals surface area contributed by atoms with Crippen molar-refractivity contribution in [1.29, 1.82) is 5.26 Å². The highest BCUT2D eigenvalue weighted by atomic mass is 35.5. The molecule has 0 atom stereocenters. The van der Waals surface area contributed by atoms with E-state index in [1.54, 1.807) is 18.3 Å². The lowest BCUT2D eigenvalue weighted by Crippen LogP contribution is -2.43. The van der Waals surface area contributed by atoms with Crippen LogP contribution in [0.4, 0.5) is 5.69 Å². The second-order valence-corrected chi connectivity index (χ2v) is 7.68. The van der Waals surface area contributed by atoms with Gasteiger partial charge in [0.15, 0.2) is 0 Å². The van der Waals surface area contributed by atoms with E-state index in [0.29, 0.717) is 22.3 Å². The van der Waals surface area contributed by atoms with Gasteiger partial charge >= 0.3 is 0 Å². The smallest absolute Gasteiger partial charge is 0.270 e. The Kier molecular flexibility index (Phi) is 6.53. The lowest BCUT2D eigenvalue weighted by molar-refractivity contribution is 0.0920. The average Bonchev–Trinajstić information content (AvgIpc) is 2.73. The first-order valence-electron chi connectivity index (χ1n) is 9.70. The summed E-state index contributed by atoms with van der Waals surface area (Å²) in [5.41, 5.74) is 3.11. The number of hydrogen-bond acceptors (Lipinski definition) is 4. The van der Waals surface area contributed by atoms with Crippen LogP contribution < -0.4 is 10.2 Å². The summed E-state index contributed by atoms with van der Waals surface area (Å²) in [6.07, 6.45) is 6.51. The molecule has 2 aromatic rings. The number of rotatable bonds is 5. The summed E-state index contributed by atoms with van der Waals surface area (Å²) in [5, 5.41) is 12.6. The lowest BCUT2D eigenvalue weighted by atomic mass is 9.90. The Morgan fingerprint density at radius 2 is 2.04 bits per heavy atom. The zero-order valence-corrected chi connectivity index (χ0v) is 17.0. The molecule has 1 heterocycles. The van der Waals surface area contributed by atoms with Gasteiger partial charge in [-0.2, -0.15) is 5.26 Å². The maximum Gasteiger partial charge on any atom is 0.270 e. The number of aryl methyl sites for hydroxylation is 1. The molecule has 0 aliphatic heterocycles. The average molecular weight is 397 g/mol. The van der Waals surface area contributed by atoms with Crippen molar-refractivity contribution in [1.82, 2.24) is 10.3 Å². The molecule has 5 nitrogen and oxygen atoms in total. The normalized spacial score (nSPS) is 18.9. The highest BCUT2D eigenvalue weighted by Gasteiger charge is 2.26. The zero-order chi connectivity index (χ0) is 20.1. The minimum Gasteiger partial charge on any atom is -0.372 e. The minimum atomic E-state index is -0.0988. The third kappa shape index (κ3) is 4.63. The van der Waals surface area contributed by atoms with Crippen molar-refractivity contribution >= 4 is 23.2 Å². The summed E-state index contributed by atoms with van der Waals surface area (Å²) in [4.78, 5) is 18.9. The van der Waals surface area contributed by atoms with E-state index in [9.17, 15) is 4.79 Å². The predicted molar refractivity (Wildman–Crippen MR) is 112 cm³/mol. The summed E-state index contributed by atoms with van der Waals surface area (Å²) in [6, 6.07) is 11.9. The van der Waals surface area contributed by atoms with Crippen molar-refractivity contribution in [2.75, 3.05) is 11.9 Å². The molecule has 0 unspecified atom stereocenters. The number of hydrogen-bond donors (Lipinski definition) is 1. The number of nitriles is 1. The van der Waals surface area contributed by atoms with E-state index in [2.05, 4.69) is 35.2 Å². The quantitative estimate of drug-likeness (QED) is 0.815. The number of carbonyl (C=O) groups excluding carboxylic acids is 1. The molecule has 1 aromatic carbocycles. The number of benzene rings is 1. The largest absolute Gasteiger partial charge is 0.372 e. The number of nitrogens with one attached hydrogen (secondary N) is 1. The van der Waals surface area contributed by atoms with Crippen LogP contribution in [0.2, 0.25) is 5.02 Å². The molecule has 0 saturated heterocycles. The van der Waals surface area contributed by atoms with Gasteiger partial charge in [0.05, 0.1) is 10.6 Å². The molecule has 1 N–H and O–H groups in total. The topological polar surface area (TPSA) is 69.0 Å². The van der Waals surface area contributed by atoms with Gasteiger partial charge in [-0.3, -0.25) is 9.78 Å². The van der Waals surface area contributed by atoms with Gasteiger partial charge in [-0.05, 0) is 61.9 Å². The second kappa shape index (κ2) is 9.07. The molecule has 1 aliphatic rings. The van der Waals surface area contributed by atoms with Gasteiger partial charge in [-0.15, -0.1) is 0 Å².